The second-order valence-corrected chi connectivity index (χ2v) is 4.23. The molecule has 1 atom stereocenters. The molecule has 0 heterocycles. The lowest BCUT2D eigenvalue weighted by Gasteiger charge is -2.28. The minimum absolute atomic E-state index is 0.0969. The number of nitrogens with zero attached hydrogens (tertiary/aromatic N) is 1. The van der Waals surface area contributed by atoms with Crippen molar-refractivity contribution in [1.82, 2.24) is 4.90 Å². The molecule has 12 heavy (non-hydrogen) atoms. The van der Waals surface area contributed by atoms with Crippen molar-refractivity contribution in [3.05, 3.63) is 0 Å². The average Bonchev–Trinajstić information content (AvgIpc) is 2.05. The monoisotopic (exact) mass is 171 g/mol. The van der Waals surface area contributed by atoms with Gasteiger partial charge in [-0.25, -0.2) is 0 Å². The fourth-order valence-electron chi connectivity index (χ4n) is 2.04. The smallest absolute Gasteiger partial charge is 0.0694 e. The lowest BCUT2D eigenvalue weighted by atomic mass is 9.85. The molecule has 1 aliphatic carbocycles. The Balaban J connectivity index is 2.24. The van der Waals surface area contributed by atoms with Crippen LogP contribution < -0.4 is 0 Å². The third-order valence-electron chi connectivity index (χ3n) is 2.75. The first-order valence-corrected chi connectivity index (χ1v) is 5.03. The van der Waals surface area contributed by atoms with E-state index in [-0.39, 0.29) is 6.10 Å². The van der Waals surface area contributed by atoms with E-state index in [1.54, 1.807) is 0 Å². The first-order chi connectivity index (χ1) is 5.70. The van der Waals surface area contributed by atoms with Crippen molar-refractivity contribution in [3.63, 3.8) is 0 Å². The zero-order valence-electron chi connectivity index (χ0n) is 8.29. The Morgan fingerprint density at radius 3 is 2.33 bits per heavy atom. The summed E-state index contributed by atoms with van der Waals surface area (Å²) in [6, 6.07) is 0. The van der Waals surface area contributed by atoms with E-state index in [0.29, 0.717) is 5.92 Å². The number of likely N-dealkylation sites (N-methyl/N-ethyl adjacent to an activating group) is 1. The summed E-state index contributed by atoms with van der Waals surface area (Å²) in [6.07, 6.45) is 6.36. The second kappa shape index (κ2) is 4.83. The predicted molar refractivity (Wildman–Crippen MR) is 51.1 cm³/mol. The molecule has 1 rings (SSSR count). The lowest BCUT2D eigenvalue weighted by Crippen LogP contribution is -2.33. The van der Waals surface area contributed by atoms with Crippen LogP contribution in [0.5, 0.6) is 0 Å². The maximum atomic E-state index is 9.80. The Morgan fingerprint density at radius 2 is 1.83 bits per heavy atom. The van der Waals surface area contributed by atoms with E-state index in [4.69, 9.17) is 0 Å². The molecule has 0 aromatic rings. The largest absolute Gasteiger partial charge is 0.392 e. The number of rotatable bonds is 3. The molecule has 72 valence electrons. The third-order valence-corrected chi connectivity index (χ3v) is 2.75. The van der Waals surface area contributed by atoms with Gasteiger partial charge in [0.05, 0.1) is 6.10 Å². The molecular formula is C10H21NO. The average molecular weight is 171 g/mol. The second-order valence-electron chi connectivity index (χ2n) is 4.23. The SMILES string of the molecule is CN(C)CC(O)C1CCCCC1. The minimum Gasteiger partial charge on any atom is -0.392 e. The van der Waals surface area contributed by atoms with Crippen LogP contribution in [0, 0.1) is 5.92 Å². The van der Waals surface area contributed by atoms with E-state index in [9.17, 15) is 5.11 Å². The molecule has 1 N–H and O–H groups in total. The summed E-state index contributed by atoms with van der Waals surface area (Å²) >= 11 is 0. The van der Waals surface area contributed by atoms with Crippen molar-refractivity contribution in [3.8, 4) is 0 Å². The van der Waals surface area contributed by atoms with Crippen molar-refractivity contribution >= 4 is 0 Å². The van der Waals surface area contributed by atoms with E-state index < -0.39 is 0 Å². The van der Waals surface area contributed by atoms with Crippen molar-refractivity contribution < 1.29 is 5.11 Å². The van der Waals surface area contributed by atoms with Crippen LogP contribution in [0.15, 0.2) is 0 Å². The van der Waals surface area contributed by atoms with Crippen LogP contribution in [0.1, 0.15) is 32.1 Å². The van der Waals surface area contributed by atoms with Gasteiger partial charge >= 0.3 is 0 Å². The normalized spacial score (nSPS) is 23.0. The van der Waals surface area contributed by atoms with E-state index in [0.717, 1.165) is 6.54 Å². The zero-order valence-corrected chi connectivity index (χ0v) is 8.29. The summed E-state index contributed by atoms with van der Waals surface area (Å²) in [5.41, 5.74) is 0. The van der Waals surface area contributed by atoms with Crippen LogP contribution in [0.3, 0.4) is 0 Å². The lowest BCUT2D eigenvalue weighted by molar-refractivity contribution is 0.0612. The van der Waals surface area contributed by atoms with Crippen LogP contribution in [-0.4, -0.2) is 36.8 Å². The fraction of sp³-hybridized carbons (Fsp3) is 1.00. The van der Waals surface area contributed by atoms with Crippen molar-refractivity contribution in [2.45, 2.75) is 38.2 Å². The van der Waals surface area contributed by atoms with Crippen molar-refractivity contribution in [2.24, 2.45) is 5.92 Å². The first-order valence-electron chi connectivity index (χ1n) is 5.03. The third kappa shape index (κ3) is 3.11. The Morgan fingerprint density at radius 1 is 1.25 bits per heavy atom. The quantitative estimate of drug-likeness (QED) is 0.695. The van der Waals surface area contributed by atoms with Gasteiger partial charge in [-0.3, -0.25) is 0 Å². The molecule has 1 aliphatic rings. The van der Waals surface area contributed by atoms with Gasteiger partial charge < -0.3 is 10.0 Å². The van der Waals surface area contributed by atoms with E-state index in [2.05, 4.69) is 4.90 Å². The Bertz CT molecular complexity index is 119. The van der Waals surface area contributed by atoms with E-state index in [1.165, 1.54) is 32.1 Å². The molecule has 2 nitrogen and oxygen atoms in total. The maximum absolute atomic E-state index is 9.80. The van der Waals surface area contributed by atoms with Crippen LogP contribution in [0.2, 0.25) is 0 Å². The first kappa shape index (κ1) is 10.0. The van der Waals surface area contributed by atoms with Gasteiger partial charge in [0.2, 0.25) is 0 Å². The molecule has 1 unspecified atom stereocenters. The summed E-state index contributed by atoms with van der Waals surface area (Å²) < 4.78 is 0. The minimum atomic E-state index is -0.0969. The number of aliphatic hydroxyl groups is 1. The highest BCUT2D eigenvalue weighted by atomic mass is 16.3. The summed E-state index contributed by atoms with van der Waals surface area (Å²) in [5, 5.41) is 9.80. The van der Waals surface area contributed by atoms with Crippen LogP contribution in [0.4, 0.5) is 0 Å². The van der Waals surface area contributed by atoms with Crippen LogP contribution in [0.25, 0.3) is 0 Å². The maximum Gasteiger partial charge on any atom is 0.0694 e. The highest BCUT2D eigenvalue weighted by Gasteiger charge is 2.21. The predicted octanol–water partition coefficient (Wildman–Crippen LogP) is 1.49. The molecule has 0 aromatic heterocycles. The Labute approximate surface area is 75.6 Å². The van der Waals surface area contributed by atoms with Gasteiger partial charge in [-0.05, 0) is 32.9 Å². The summed E-state index contributed by atoms with van der Waals surface area (Å²) in [7, 11) is 4.04. The standard InChI is InChI=1S/C10H21NO/c1-11(2)8-10(12)9-6-4-3-5-7-9/h9-10,12H,3-8H2,1-2H3. The van der Waals surface area contributed by atoms with Gasteiger partial charge in [0.25, 0.3) is 0 Å². The highest BCUT2D eigenvalue weighted by molar-refractivity contribution is 4.74. The molecule has 0 aromatic carbocycles. The zero-order chi connectivity index (χ0) is 8.97. The summed E-state index contributed by atoms with van der Waals surface area (Å²) in [6.45, 7) is 0.824. The molecule has 0 aliphatic heterocycles. The Hall–Kier alpha value is -0.0800. The molecule has 1 fully saturated rings. The van der Waals surface area contributed by atoms with Gasteiger partial charge in [-0.15, -0.1) is 0 Å². The van der Waals surface area contributed by atoms with E-state index >= 15 is 0 Å². The van der Waals surface area contributed by atoms with Gasteiger partial charge in [0.1, 0.15) is 0 Å². The topological polar surface area (TPSA) is 23.5 Å². The number of hydrogen-bond acceptors (Lipinski definition) is 2. The summed E-state index contributed by atoms with van der Waals surface area (Å²) in [4.78, 5) is 2.07. The molecule has 1 saturated carbocycles. The summed E-state index contributed by atoms with van der Waals surface area (Å²) in [5.74, 6) is 0.571. The van der Waals surface area contributed by atoms with Crippen molar-refractivity contribution in [1.29, 1.82) is 0 Å². The molecule has 0 radical (unpaired) electrons. The van der Waals surface area contributed by atoms with Crippen LogP contribution in [-0.2, 0) is 0 Å². The molecule has 0 bridgehead atoms. The molecule has 0 spiro atoms. The van der Waals surface area contributed by atoms with E-state index in [1.807, 2.05) is 14.1 Å². The van der Waals surface area contributed by atoms with Gasteiger partial charge in [0, 0.05) is 6.54 Å². The Kier molecular flexibility index (Phi) is 4.02. The van der Waals surface area contributed by atoms with Gasteiger partial charge in [0.15, 0.2) is 0 Å². The molecule has 2 heteroatoms. The van der Waals surface area contributed by atoms with Gasteiger partial charge in [-0.1, -0.05) is 19.3 Å². The van der Waals surface area contributed by atoms with Crippen molar-refractivity contribution in [2.75, 3.05) is 20.6 Å². The number of aliphatic hydroxyl groups excluding tert-OH is 1. The highest BCUT2D eigenvalue weighted by Crippen LogP contribution is 2.26. The molecular weight excluding hydrogens is 150 g/mol. The van der Waals surface area contributed by atoms with Crippen LogP contribution >= 0.6 is 0 Å². The molecule has 0 saturated heterocycles. The fourth-order valence-corrected chi connectivity index (χ4v) is 2.04. The molecule has 0 amide bonds. The number of hydrogen-bond donors (Lipinski definition) is 1. The van der Waals surface area contributed by atoms with Gasteiger partial charge in [-0.2, -0.15) is 0 Å².